The van der Waals surface area contributed by atoms with Crippen molar-refractivity contribution in [3.63, 3.8) is 0 Å². The summed E-state index contributed by atoms with van der Waals surface area (Å²) in [6.07, 6.45) is 4.02. The molecule has 18 heavy (non-hydrogen) atoms. The molecular weight excluding hydrogens is 224 g/mol. The minimum Gasteiger partial charge on any atom is -0.357 e. The summed E-state index contributed by atoms with van der Waals surface area (Å²) in [5.74, 6) is 1.40. The van der Waals surface area contributed by atoms with Crippen molar-refractivity contribution in [3.8, 4) is 0 Å². The number of hydrogen-bond acceptors (Lipinski definition) is 4. The Morgan fingerprint density at radius 2 is 1.89 bits per heavy atom. The van der Waals surface area contributed by atoms with Crippen LogP contribution in [0.2, 0.25) is 0 Å². The van der Waals surface area contributed by atoms with Gasteiger partial charge in [-0.05, 0) is 30.2 Å². The molecule has 0 fully saturated rings. The Morgan fingerprint density at radius 3 is 2.56 bits per heavy atom. The zero-order valence-corrected chi connectivity index (χ0v) is 10.8. The highest BCUT2D eigenvalue weighted by atomic mass is 15.1. The molecule has 0 saturated carbocycles. The second kappa shape index (κ2) is 6.00. The molecule has 0 amide bonds. The van der Waals surface area contributed by atoms with Crippen LogP contribution in [0.15, 0.2) is 36.5 Å². The number of nitrogens with one attached hydrogen (secondary N) is 2. The summed E-state index contributed by atoms with van der Waals surface area (Å²) in [5, 5.41) is 6.17. The van der Waals surface area contributed by atoms with Gasteiger partial charge in [0.2, 0.25) is 5.95 Å². The third-order valence-electron chi connectivity index (χ3n) is 2.64. The van der Waals surface area contributed by atoms with Gasteiger partial charge >= 0.3 is 0 Å². The molecule has 0 spiro atoms. The van der Waals surface area contributed by atoms with Gasteiger partial charge in [0.05, 0.1) is 0 Å². The molecule has 0 saturated heterocycles. The number of nitrogens with zero attached hydrogens (tertiary/aromatic N) is 2. The van der Waals surface area contributed by atoms with Crippen LogP contribution >= 0.6 is 0 Å². The molecule has 1 heterocycles. The quantitative estimate of drug-likeness (QED) is 0.845. The molecule has 2 rings (SSSR count). The predicted octanol–water partition coefficient (Wildman–Crippen LogP) is 3.21. The summed E-state index contributed by atoms with van der Waals surface area (Å²) < 4.78 is 0. The Bertz CT molecular complexity index is 493. The lowest BCUT2D eigenvalue weighted by Gasteiger charge is -2.07. The van der Waals surface area contributed by atoms with Crippen molar-refractivity contribution in [2.75, 3.05) is 17.7 Å². The van der Waals surface area contributed by atoms with Crippen LogP contribution in [-0.2, 0) is 6.42 Å². The Hall–Kier alpha value is -2.10. The number of benzene rings is 1. The fourth-order valence-electron chi connectivity index (χ4n) is 1.74. The molecule has 0 aliphatic heterocycles. The fourth-order valence-corrected chi connectivity index (χ4v) is 1.74. The molecule has 0 radical (unpaired) electrons. The molecule has 4 heteroatoms. The van der Waals surface area contributed by atoms with E-state index in [9.17, 15) is 0 Å². The first-order valence-corrected chi connectivity index (χ1v) is 6.18. The largest absolute Gasteiger partial charge is 0.357 e. The SMILES string of the molecule is CCCc1ccc(Nc2ccnc(NC)n2)cc1. The van der Waals surface area contributed by atoms with Crippen molar-refractivity contribution in [1.29, 1.82) is 0 Å². The van der Waals surface area contributed by atoms with Crippen LogP contribution in [0.4, 0.5) is 17.5 Å². The second-order valence-electron chi connectivity index (χ2n) is 4.09. The van der Waals surface area contributed by atoms with Crippen molar-refractivity contribution in [1.82, 2.24) is 9.97 Å². The van der Waals surface area contributed by atoms with E-state index < -0.39 is 0 Å². The van der Waals surface area contributed by atoms with Gasteiger partial charge in [-0.1, -0.05) is 25.5 Å². The Kier molecular flexibility index (Phi) is 4.12. The summed E-state index contributed by atoms with van der Waals surface area (Å²) in [5.41, 5.74) is 2.40. The van der Waals surface area contributed by atoms with Gasteiger partial charge in [0.1, 0.15) is 5.82 Å². The Morgan fingerprint density at radius 1 is 1.11 bits per heavy atom. The second-order valence-corrected chi connectivity index (χ2v) is 4.09. The highest BCUT2D eigenvalue weighted by molar-refractivity contribution is 5.57. The molecule has 4 nitrogen and oxygen atoms in total. The van der Waals surface area contributed by atoms with Crippen LogP contribution in [0.5, 0.6) is 0 Å². The summed E-state index contributed by atoms with van der Waals surface area (Å²) in [7, 11) is 1.80. The van der Waals surface area contributed by atoms with E-state index >= 15 is 0 Å². The zero-order chi connectivity index (χ0) is 12.8. The highest BCUT2D eigenvalue weighted by Gasteiger charge is 1.98. The highest BCUT2D eigenvalue weighted by Crippen LogP contribution is 2.16. The van der Waals surface area contributed by atoms with Gasteiger partial charge < -0.3 is 10.6 Å². The van der Waals surface area contributed by atoms with E-state index in [1.165, 1.54) is 12.0 Å². The predicted molar refractivity (Wildman–Crippen MR) is 75.3 cm³/mol. The number of anilines is 3. The van der Waals surface area contributed by atoms with Crippen molar-refractivity contribution in [2.45, 2.75) is 19.8 Å². The van der Waals surface area contributed by atoms with Crippen molar-refractivity contribution >= 4 is 17.5 Å². The van der Waals surface area contributed by atoms with Gasteiger partial charge in [0.15, 0.2) is 0 Å². The summed E-state index contributed by atoms with van der Waals surface area (Å²) in [4.78, 5) is 8.39. The van der Waals surface area contributed by atoms with Gasteiger partial charge in [-0.2, -0.15) is 4.98 Å². The lowest BCUT2D eigenvalue weighted by molar-refractivity contribution is 0.922. The van der Waals surface area contributed by atoms with Gasteiger partial charge in [-0.25, -0.2) is 4.98 Å². The first-order chi connectivity index (χ1) is 8.81. The van der Waals surface area contributed by atoms with Gasteiger partial charge in [-0.3, -0.25) is 0 Å². The monoisotopic (exact) mass is 242 g/mol. The normalized spacial score (nSPS) is 10.1. The molecule has 0 bridgehead atoms. The van der Waals surface area contributed by atoms with E-state index in [-0.39, 0.29) is 0 Å². The third-order valence-corrected chi connectivity index (χ3v) is 2.64. The molecule has 0 atom stereocenters. The molecule has 0 aliphatic carbocycles. The topological polar surface area (TPSA) is 49.8 Å². The van der Waals surface area contributed by atoms with E-state index in [0.29, 0.717) is 5.95 Å². The summed E-state index contributed by atoms with van der Waals surface area (Å²) in [6, 6.07) is 10.3. The van der Waals surface area contributed by atoms with E-state index in [1.54, 1.807) is 13.2 Å². The smallest absolute Gasteiger partial charge is 0.224 e. The molecule has 0 unspecified atom stereocenters. The van der Waals surface area contributed by atoms with E-state index in [2.05, 4.69) is 51.8 Å². The molecule has 1 aromatic heterocycles. The van der Waals surface area contributed by atoms with Crippen LogP contribution in [0.3, 0.4) is 0 Å². The van der Waals surface area contributed by atoms with Gasteiger partial charge in [0, 0.05) is 18.9 Å². The minimum absolute atomic E-state index is 0.614. The van der Waals surface area contributed by atoms with Gasteiger partial charge in [-0.15, -0.1) is 0 Å². The van der Waals surface area contributed by atoms with Crippen LogP contribution in [0, 0.1) is 0 Å². The number of hydrogen-bond donors (Lipinski definition) is 2. The number of aryl methyl sites for hydroxylation is 1. The maximum atomic E-state index is 4.31. The molecule has 0 aliphatic rings. The van der Waals surface area contributed by atoms with E-state index in [1.807, 2.05) is 6.07 Å². The number of rotatable bonds is 5. The van der Waals surface area contributed by atoms with Gasteiger partial charge in [0.25, 0.3) is 0 Å². The van der Waals surface area contributed by atoms with Crippen molar-refractivity contribution < 1.29 is 0 Å². The Balaban J connectivity index is 2.08. The van der Waals surface area contributed by atoms with Crippen molar-refractivity contribution in [3.05, 3.63) is 42.1 Å². The van der Waals surface area contributed by atoms with Crippen LogP contribution < -0.4 is 10.6 Å². The first-order valence-electron chi connectivity index (χ1n) is 6.18. The third kappa shape index (κ3) is 3.20. The first kappa shape index (κ1) is 12.4. The molecule has 94 valence electrons. The summed E-state index contributed by atoms with van der Waals surface area (Å²) >= 11 is 0. The molecule has 2 aromatic rings. The van der Waals surface area contributed by atoms with Crippen LogP contribution in [0.1, 0.15) is 18.9 Å². The van der Waals surface area contributed by atoms with E-state index in [4.69, 9.17) is 0 Å². The van der Waals surface area contributed by atoms with Crippen LogP contribution in [-0.4, -0.2) is 17.0 Å². The van der Waals surface area contributed by atoms with Crippen molar-refractivity contribution in [2.24, 2.45) is 0 Å². The average molecular weight is 242 g/mol. The molecule has 1 aromatic carbocycles. The Labute approximate surface area is 107 Å². The van der Waals surface area contributed by atoms with E-state index in [0.717, 1.165) is 17.9 Å². The molecule has 2 N–H and O–H groups in total. The summed E-state index contributed by atoms with van der Waals surface area (Å²) in [6.45, 7) is 2.19. The fraction of sp³-hybridized carbons (Fsp3) is 0.286. The maximum absolute atomic E-state index is 4.31. The minimum atomic E-state index is 0.614. The molecular formula is C14H18N4. The lowest BCUT2D eigenvalue weighted by atomic mass is 10.1. The lowest BCUT2D eigenvalue weighted by Crippen LogP contribution is -1.99. The standard InChI is InChI=1S/C14H18N4/c1-3-4-11-5-7-12(8-6-11)17-13-9-10-16-14(15-2)18-13/h5-10H,3-4H2,1-2H3,(H2,15,16,17,18). The number of aromatic nitrogens is 2. The van der Waals surface area contributed by atoms with Crippen LogP contribution in [0.25, 0.3) is 0 Å². The zero-order valence-electron chi connectivity index (χ0n) is 10.8. The average Bonchev–Trinajstić information content (AvgIpc) is 2.42. The maximum Gasteiger partial charge on any atom is 0.224 e.